The summed E-state index contributed by atoms with van der Waals surface area (Å²) in [5, 5.41) is 9.53. The average molecular weight is 235 g/mol. The second-order valence-corrected chi connectivity index (χ2v) is 4.41. The van der Waals surface area contributed by atoms with Crippen LogP contribution in [0.5, 0.6) is 5.75 Å². The Hall–Kier alpha value is -2.27. The van der Waals surface area contributed by atoms with Gasteiger partial charge in [-0.05, 0) is 18.1 Å². The Kier molecular flexibility index (Phi) is 2.34. The summed E-state index contributed by atoms with van der Waals surface area (Å²) in [6.45, 7) is 2.09. The molecular weight excluding hydrogens is 222 g/mol. The Morgan fingerprint density at radius 1 is 1.11 bits per heavy atom. The molecule has 0 N–H and O–H groups in total. The zero-order chi connectivity index (χ0) is 12.6. The number of aryl methyl sites for hydroxylation is 1. The van der Waals surface area contributed by atoms with Crippen LogP contribution in [0.15, 0.2) is 48.5 Å². The van der Waals surface area contributed by atoms with Crippen molar-refractivity contribution >= 4 is 0 Å². The number of nitrogens with zero attached hydrogens (tertiary/aromatic N) is 1. The molecule has 0 bridgehead atoms. The number of para-hydroxylation sites is 1. The molecule has 2 aromatic rings. The molecule has 3 rings (SSSR count). The second-order valence-electron chi connectivity index (χ2n) is 4.41. The summed E-state index contributed by atoms with van der Waals surface area (Å²) in [7, 11) is 0. The molecule has 0 aliphatic carbocycles. The van der Waals surface area contributed by atoms with Gasteiger partial charge in [-0.15, -0.1) is 0 Å². The van der Waals surface area contributed by atoms with Crippen molar-refractivity contribution in [2.75, 3.05) is 0 Å². The number of fused-ring (bicyclic) bond motifs is 1. The van der Waals surface area contributed by atoms with E-state index in [9.17, 15) is 5.26 Å². The first-order chi connectivity index (χ1) is 8.81. The van der Waals surface area contributed by atoms with Crippen LogP contribution in [0.3, 0.4) is 0 Å². The van der Waals surface area contributed by atoms with E-state index in [0.717, 1.165) is 28.9 Å². The molecule has 18 heavy (non-hydrogen) atoms. The van der Waals surface area contributed by atoms with Crippen molar-refractivity contribution in [2.24, 2.45) is 0 Å². The van der Waals surface area contributed by atoms with Crippen LogP contribution in [-0.2, 0) is 12.0 Å². The number of hydrogen-bond donors (Lipinski definition) is 0. The van der Waals surface area contributed by atoms with Crippen LogP contribution < -0.4 is 4.74 Å². The predicted octanol–water partition coefficient (Wildman–Crippen LogP) is 3.41. The molecule has 1 aliphatic rings. The van der Waals surface area contributed by atoms with Crippen LogP contribution in [-0.4, -0.2) is 0 Å². The Labute approximate surface area is 106 Å². The van der Waals surface area contributed by atoms with Gasteiger partial charge in [0.05, 0.1) is 5.56 Å². The molecule has 1 atom stereocenters. The fourth-order valence-electron chi connectivity index (χ4n) is 2.46. The van der Waals surface area contributed by atoms with E-state index in [4.69, 9.17) is 4.74 Å². The third-order valence-electron chi connectivity index (χ3n) is 3.45. The van der Waals surface area contributed by atoms with E-state index in [1.807, 2.05) is 48.5 Å². The van der Waals surface area contributed by atoms with Gasteiger partial charge in [-0.25, -0.2) is 0 Å². The molecule has 0 spiro atoms. The highest BCUT2D eigenvalue weighted by Crippen LogP contribution is 2.49. The maximum Gasteiger partial charge on any atom is 0.248 e. The van der Waals surface area contributed by atoms with E-state index < -0.39 is 5.60 Å². The van der Waals surface area contributed by atoms with Crippen molar-refractivity contribution in [1.82, 2.24) is 0 Å². The van der Waals surface area contributed by atoms with E-state index in [1.54, 1.807) is 0 Å². The van der Waals surface area contributed by atoms with Gasteiger partial charge >= 0.3 is 0 Å². The maximum absolute atomic E-state index is 9.53. The summed E-state index contributed by atoms with van der Waals surface area (Å²) in [4.78, 5) is 0. The molecule has 1 unspecified atom stereocenters. The summed E-state index contributed by atoms with van der Waals surface area (Å²) in [5.41, 5.74) is 2.13. The summed E-state index contributed by atoms with van der Waals surface area (Å²) < 4.78 is 5.87. The molecule has 1 aliphatic heterocycles. The first-order valence-electron chi connectivity index (χ1n) is 6.10. The lowest BCUT2D eigenvalue weighted by Crippen LogP contribution is -2.41. The standard InChI is InChI=1S/C16H13NO/c1-2-12-7-6-10-14-15(12)18-16(14,11-17)13-8-4-3-5-9-13/h3-10H,2H2,1H3. The van der Waals surface area contributed by atoms with Gasteiger partial charge in [-0.3, -0.25) is 0 Å². The van der Waals surface area contributed by atoms with Crippen LogP contribution in [0.4, 0.5) is 0 Å². The lowest BCUT2D eigenvalue weighted by atomic mass is 9.81. The third kappa shape index (κ3) is 1.28. The van der Waals surface area contributed by atoms with Crippen molar-refractivity contribution in [1.29, 1.82) is 5.26 Å². The first-order valence-corrected chi connectivity index (χ1v) is 6.10. The molecule has 2 heteroatoms. The fraction of sp³-hybridized carbons (Fsp3) is 0.188. The van der Waals surface area contributed by atoms with Gasteiger partial charge in [-0.2, -0.15) is 5.26 Å². The molecule has 0 aromatic heterocycles. The topological polar surface area (TPSA) is 33.0 Å². The lowest BCUT2D eigenvalue weighted by molar-refractivity contribution is 0.110. The molecule has 0 amide bonds. The Morgan fingerprint density at radius 2 is 1.89 bits per heavy atom. The van der Waals surface area contributed by atoms with Crippen LogP contribution in [0.25, 0.3) is 0 Å². The fourth-order valence-corrected chi connectivity index (χ4v) is 2.46. The molecule has 0 saturated heterocycles. The first kappa shape index (κ1) is 10.9. The largest absolute Gasteiger partial charge is 0.463 e. The second kappa shape index (κ2) is 3.89. The number of ether oxygens (including phenoxy) is 1. The van der Waals surface area contributed by atoms with Crippen LogP contribution in [0.1, 0.15) is 23.6 Å². The Morgan fingerprint density at radius 3 is 2.56 bits per heavy atom. The van der Waals surface area contributed by atoms with E-state index in [2.05, 4.69) is 13.0 Å². The third-order valence-corrected chi connectivity index (χ3v) is 3.45. The van der Waals surface area contributed by atoms with Crippen molar-refractivity contribution in [3.8, 4) is 11.8 Å². The van der Waals surface area contributed by atoms with Crippen LogP contribution in [0.2, 0.25) is 0 Å². The number of rotatable bonds is 2. The van der Waals surface area contributed by atoms with Gasteiger partial charge in [0.25, 0.3) is 0 Å². The lowest BCUT2D eigenvalue weighted by Gasteiger charge is -2.40. The van der Waals surface area contributed by atoms with Crippen molar-refractivity contribution in [3.05, 3.63) is 65.2 Å². The van der Waals surface area contributed by atoms with Crippen LogP contribution >= 0.6 is 0 Å². The minimum Gasteiger partial charge on any atom is -0.463 e. The summed E-state index contributed by atoms with van der Waals surface area (Å²) in [6.07, 6.45) is 0.916. The number of benzene rings is 2. The highest BCUT2D eigenvalue weighted by atomic mass is 16.5. The van der Waals surface area contributed by atoms with E-state index in [0.29, 0.717) is 0 Å². The van der Waals surface area contributed by atoms with E-state index in [-0.39, 0.29) is 0 Å². The zero-order valence-corrected chi connectivity index (χ0v) is 10.2. The predicted molar refractivity (Wildman–Crippen MR) is 69.3 cm³/mol. The van der Waals surface area contributed by atoms with Gasteiger partial charge in [-0.1, -0.05) is 49.4 Å². The zero-order valence-electron chi connectivity index (χ0n) is 10.2. The number of hydrogen-bond acceptors (Lipinski definition) is 2. The van der Waals surface area contributed by atoms with Crippen LogP contribution in [0, 0.1) is 11.3 Å². The summed E-state index contributed by atoms with van der Waals surface area (Å²) in [6, 6.07) is 18.0. The molecule has 0 radical (unpaired) electrons. The molecule has 1 heterocycles. The van der Waals surface area contributed by atoms with Crippen molar-refractivity contribution in [3.63, 3.8) is 0 Å². The van der Waals surface area contributed by atoms with Crippen molar-refractivity contribution in [2.45, 2.75) is 18.9 Å². The SMILES string of the molecule is CCc1cccc2c1OC2(C#N)c1ccccc1. The summed E-state index contributed by atoms with van der Waals surface area (Å²) in [5.74, 6) is 0.880. The summed E-state index contributed by atoms with van der Waals surface area (Å²) >= 11 is 0. The van der Waals surface area contributed by atoms with E-state index >= 15 is 0 Å². The number of nitriles is 1. The Bertz CT molecular complexity index is 627. The van der Waals surface area contributed by atoms with Gasteiger partial charge in [0, 0.05) is 5.56 Å². The van der Waals surface area contributed by atoms with Gasteiger partial charge in [0.15, 0.2) is 0 Å². The molecule has 2 nitrogen and oxygen atoms in total. The van der Waals surface area contributed by atoms with Gasteiger partial charge in [0.2, 0.25) is 5.60 Å². The normalized spacial score (nSPS) is 20.2. The molecule has 0 saturated carbocycles. The monoisotopic (exact) mass is 235 g/mol. The van der Waals surface area contributed by atoms with Crippen molar-refractivity contribution < 1.29 is 4.74 Å². The average Bonchev–Trinajstić information content (AvgIpc) is 2.42. The van der Waals surface area contributed by atoms with Gasteiger partial charge < -0.3 is 4.74 Å². The molecule has 88 valence electrons. The minimum atomic E-state index is -0.915. The quantitative estimate of drug-likeness (QED) is 0.799. The smallest absolute Gasteiger partial charge is 0.248 e. The molecule has 0 fully saturated rings. The minimum absolute atomic E-state index is 0.880. The molecule has 2 aromatic carbocycles. The maximum atomic E-state index is 9.53. The Balaban J connectivity index is 2.16. The van der Waals surface area contributed by atoms with E-state index in [1.165, 1.54) is 0 Å². The molecular formula is C16H13NO. The highest BCUT2D eigenvalue weighted by molar-refractivity contribution is 5.60. The highest BCUT2D eigenvalue weighted by Gasteiger charge is 2.48. The van der Waals surface area contributed by atoms with Gasteiger partial charge in [0.1, 0.15) is 11.8 Å².